The summed E-state index contributed by atoms with van der Waals surface area (Å²) in [6.45, 7) is 2.65. The molecule has 1 aromatic heterocycles. The van der Waals surface area contributed by atoms with Crippen molar-refractivity contribution >= 4 is 22.4 Å². The number of hydrogen-bond acceptors (Lipinski definition) is 4. The number of benzene rings is 1. The smallest absolute Gasteiger partial charge is 0.261 e. The second kappa shape index (κ2) is 6.92. The summed E-state index contributed by atoms with van der Waals surface area (Å²) in [7, 11) is 0. The molecule has 5 heteroatoms. The Bertz CT molecular complexity index is 643. The fourth-order valence-corrected chi connectivity index (χ4v) is 3.61. The van der Waals surface area contributed by atoms with E-state index in [0.29, 0.717) is 23.1 Å². The number of rotatable bonds is 5. The van der Waals surface area contributed by atoms with Gasteiger partial charge >= 0.3 is 0 Å². The molecule has 0 saturated carbocycles. The molecule has 2 aromatic rings. The van der Waals surface area contributed by atoms with Crippen molar-refractivity contribution in [1.29, 1.82) is 0 Å². The highest BCUT2D eigenvalue weighted by Gasteiger charge is 2.18. The van der Waals surface area contributed by atoms with Crippen molar-refractivity contribution in [3.63, 3.8) is 0 Å². The third-order valence-corrected chi connectivity index (χ3v) is 4.73. The molecule has 0 unspecified atom stereocenters. The molecular weight excluding hydrogens is 296 g/mol. The average molecular weight is 316 g/mol. The molecule has 22 heavy (non-hydrogen) atoms. The van der Waals surface area contributed by atoms with Gasteiger partial charge in [-0.2, -0.15) is 0 Å². The van der Waals surface area contributed by atoms with Gasteiger partial charge < -0.3 is 4.74 Å². The maximum atomic E-state index is 12.5. The fraction of sp³-hybridized carbons (Fsp3) is 0.412. The van der Waals surface area contributed by atoms with Gasteiger partial charge in [-0.25, -0.2) is 4.98 Å². The lowest BCUT2D eigenvalue weighted by Gasteiger charge is -2.09. The number of hydrogen-bond donors (Lipinski definition) is 1. The lowest BCUT2D eigenvalue weighted by atomic mass is 10.0. The van der Waals surface area contributed by atoms with Gasteiger partial charge in [0.25, 0.3) is 5.91 Å². The molecule has 0 bridgehead atoms. The predicted octanol–water partition coefficient (Wildman–Crippen LogP) is 4.06. The molecule has 0 radical (unpaired) electrons. The van der Waals surface area contributed by atoms with E-state index in [1.807, 2.05) is 25.1 Å². The zero-order chi connectivity index (χ0) is 15.4. The monoisotopic (exact) mass is 316 g/mol. The van der Waals surface area contributed by atoms with Gasteiger partial charge in [0.2, 0.25) is 0 Å². The zero-order valence-corrected chi connectivity index (χ0v) is 13.5. The van der Waals surface area contributed by atoms with Crippen LogP contribution in [0, 0.1) is 0 Å². The number of fused-ring (bicyclic) bond motifs is 1. The van der Waals surface area contributed by atoms with E-state index in [1.54, 1.807) is 17.4 Å². The van der Waals surface area contributed by atoms with Gasteiger partial charge in [-0.1, -0.05) is 19.1 Å². The van der Waals surface area contributed by atoms with Gasteiger partial charge in [0.15, 0.2) is 5.13 Å². The van der Waals surface area contributed by atoms with Crippen molar-refractivity contribution < 1.29 is 9.53 Å². The van der Waals surface area contributed by atoms with Crippen LogP contribution in [0.3, 0.4) is 0 Å². The standard InChI is InChI=1S/C17H20N2O2S/c1-2-11-21-14-9-5-3-7-12(14)16(20)19-17-18-13-8-4-6-10-15(13)22-17/h3,5,7,9H,2,4,6,8,10-11H2,1H3,(H,18,19,20). The second-order valence-electron chi connectivity index (χ2n) is 5.39. The largest absolute Gasteiger partial charge is 0.493 e. The van der Waals surface area contributed by atoms with Crippen LogP contribution in [-0.2, 0) is 12.8 Å². The maximum Gasteiger partial charge on any atom is 0.261 e. The number of amides is 1. The van der Waals surface area contributed by atoms with E-state index < -0.39 is 0 Å². The van der Waals surface area contributed by atoms with E-state index in [9.17, 15) is 4.79 Å². The van der Waals surface area contributed by atoms with Crippen LogP contribution in [0.25, 0.3) is 0 Å². The van der Waals surface area contributed by atoms with Crippen molar-refractivity contribution in [2.45, 2.75) is 39.0 Å². The number of nitrogens with one attached hydrogen (secondary N) is 1. The molecule has 0 spiro atoms. The van der Waals surface area contributed by atoms with E-state index in [0.717, 1.165) is 25.0 Å². The summed E-state index contributed by atoms with van der Waals surface area (Å²) in [5.74, 6) is 0.473. The molecule has 1 aliphatic rings. The molecule has 1 aromatic carbocycles. The minimum Gasteiger partial charge on any atom is -0.493 e. The van der Waals surface area contributed by atoms with Crippen LogP contribution in [0.4, 0.5) is 5.13 Å². The Balaban J connectivity index is 1.75. The predicted molar refractivity (Wildman–Crippen MR) is 88.9 cm³/mol. The highest BCUT2D eigenvalue weighted by molar-refractivity contribution is 7.15. The van der Waals surface area contributed by atoms with E-state index >= 15 is 0 Å². The van der Waals surface area contributed by atoms with Crippen LogP contribution in [0.1, 0.15) is 47.1 Å². The van der Waals surface area contributed by atoms with Crippen LogP contribution in [0.5, 0.6) is 5.75 Å². The summed E-state index contributed by atoms with van der Waals surface area (Å²) in [5.41, 5.74) is 1.71. The molecular formula is C17H20N2O2S. The highest BCUT2D eigenvalue weighted by atomic mass is 32.1. The van der Waals surface area contributed by atoms with Crippen molar-refractivity contribution in [2.24, 2.45) is 0 Å². The van der Waals surface area contributed by atoms with Crippen molar-refractivity contribution in [3.8, 4) is 5.75 Å². The molecule has 0 saturated heterocycles. The number of thiazole rings is 1. The molecule has 116 valence electrons. The van der Waals surface area contributed by atoms with Crippen molar-refractivity contribution in [3.05, 3.63) is 40.4 Å². The first-order valence-electron chi connectivity index (χ1n) is 7.79. The number of ether oxygens (including phenoxy) is 1. The van der Waals surface area contributed by atoms with Crippen LogP contribution in [0.2, 0.25) is 0 Å². The van der Waals surface area contributed by atoms with Gasteiger partial charge in [0.1, 0.15) is 5.75 Å². The van der Waals surface area contributed by atoms with Gasteiger partial charge in [0, 0.05) is 4.88 Å². The van der Waals surface area contributed by atoms with E-state index in [-0.39, 0.29) is 5.91 Å². The Kier molecular flexibility index (Phi) is 4.73. The second-order valence-corrected chi connectivity index (χ2v) is 6.48. The Morgan fingerprint density at radius 2 is 2.14 bits per heavy atom. The molecule has 0 fully saturated rings. The first-order valence-corrected chi connectivity index (χ1v) is 8.61. The number of carbonyl (C=O) groups is 1. The topological polar surface area (TPSA) is 51.2 Å². The Hall–Kier alpha value is -1.88. The zero-order valence-electron chi connectivity index (χ0n) is 12.7. The Morgan fingerprint density at radius 1 is 1.32 bits per heavy atom. The maximum absolute atomic E-state index is 12.5. The number of aryl methyl sites for hydroxylation is 2. The van der Waals surface area contributed by atoms with Gasteiger partial charge in [-0.05, 0) is 44.2 Å². The number of anilines is 1. The van der Waals surface area contributed by atoms with E-state index in [1.165, 1.54) is 17.7 Å². The minimum absolute atomic E-state index is 0.155. The third-order valence-electron chi connectivity index (χ3n) is 3.66. The van der Waals surface area contributed by atoms with Crippen LogP contribution in [-0.4, -0.2) is 17.5 Å². The molecule has 1 amide bonds. The molecule has 1 N–H and O–H groups in total. The first kappa shape index (κ1) is 15.0. The van der Waals surface area contributed by atoms with E-state index in [4.69, 9.17) is 4.74 Å². The van der Waals surface area contributed by atoms with Crippen molar-refractivity contribution in [2.75, 3.05) is 11.9 Å². The van der Waals surface area contributed by atoms with Gasteiger partial charge in [0.05, 0.1) is 17.9 Å². The number of para-hydroxylation sites is 1. The molecule has 0 atom stereocenters. The minimum atomic E-state index is -0.155. The summed E-state index contributed by atoms with van der Waals surface area (Å²) in [6, 6.07) is 7.34. The summed E-state index contributed by atoms with van der Waals surface area (Å²) in [6.07, 6.45) is 5.43. The summed E-state index contributed by atoms with van der Waals surface area (Å²) >= 11 is 1.60. The highest BCUT2D eigenvalue weighted by Crippen LogP contribution is 2.30. The normalized spacial score (nSPS) is 13.5. The fourth-order valence-electron chi connectivity index (χ4n) is 2.56. The first-order chi connectivity index (χ1) is 10.8. The lowest BCUT2D eigenvalue weighted by molar-refractivity contribution is 0.102. The van der Waals surface area contributed by atoms with E-state index in [2.05, 4.69) is 10.3 Å². The van der Waals surface area contributed by atoms with Crippen LogP contribution in [0.15, 0.2) is 24.3 Å². The number of nitrogens with zero attached hydrogens (tertiary/aromatic N) is 1. The Morgan fingerprint density at radius 3 is 2.95 bits per heavy atom. The summed E-state index contributed by atoms with van der Waals surface area (Å²) < 4.78 is 5.65. The number of carbonyl (C=O) groups excluding carboxylic acids is 1. The molecule has 3 rings (SSSR count). The number of aromatic nitrogens is 1. The van der Waals surface area contributed by atoms with Crippen LogP contribution >= 0.6 is 11.3 Å². The van der Waals surface area contributed by atoms with Gasteiger partial charge in [-0.15, -0.1) is 11.3 Å². The molecule has 1 aliphatic carbocycles. The summed E-state index contributed by atoms with van der Waals surface area (Å²) in [5, 5.41) is 3.62. The van der Waals surface area contributed by atoms with Crippen molar-refractivity contribution in [1.82, 2.24) is 4.98 Å². The third kappa shape index (κ3) is 3.30. The average Bonchev–Trinajstić information content (AvgIpc) is 2.95. The lowest BCUT2D eigenvalue weighted by Crippen LogP contribution is -2.13. The SMILES string of the molecule is CCCOc1ccccc1C(=O)Nc1nc2c(s1)CCCC2. The quantitative estimate of drug-likeness (QED) is 0.905. The van der Waals surface area contributed by atoms with Gasteiger partial charge in [-0.3, -0.25) is 10.1 Å². The Labute approximate surface area is 134 Å². The van der Waals surface area contributed by atoms with Crippen LogP contribution < -0.4 is 10.1 Å². The molecule has 4 nitrogen and oxygen atoms in total. The molecule has 1 heterocycles. The molecule has 0 aliphatic heterocycles. The summed E-state index contributed by atoms with van der Waals surface area (Å²) in [4.78, 5) is 18.4.